The molecule has 180 valence electrons. The number of rotatable bonds is 8. The molecule has 3 aliphatic heterocycles. The van der Waals surface area contributed by atoms with Crippen LogP contribution in [0.4, 0.5) is 5.69 Å². The third-order valence-electron chi connectivity index (χ3n) is 7.72. The lowest BCUT2D eigenvalue weighted by atomic mass is 9.74. The van der Waals surface area contributed by atoms with Crippen LogP contribution in [-0.4, -0.2) is 61.6 Å². The first-order chi connectivity index (χ1) is 16.5. The predicted molar refractivity (Wildman–Crippen MR) is 138 cm³/mol. The molecule has 2 bridgehead atoms. The Morgan fingerprint density at radius 1 is 1.12 bits per heavy atom. The number of ether oxygens (including phenoxy) is 1. The summed E-state index contributed by atoms with van der Waals surface area (Å²) in [6.07, 6.45) is 2.54. The molecule has 3 fully saturated rings. The van der Waals surface area contributed by atoms with E-state index in [0.717, 1.165) is 42.6 Å². The molecular formula is C28H37N5O. The van der Waals surface area contributed by atoms with Crippen LogP contribution in [0.25, 0.3) is 11.3 Å². The molecule has 0 amide bonds. The molecule has 3 aliphatic rings. The maximum Gasteiger partial charge on any atom is 0.128 e. The summed E-state index contributed by atoms with van der Waals surface area (Å²) in [5.41, 5.74) is 6.01. The van der Waals surface area contributed by atoms with Crippen LogP contribution in [-0.2, 0) is 13.6 Å². The molecule has 6 heteroatoms. The van der Waals surface area contributed by atoms with Crippen LogP contribution in [0.5, 0.6) is 5.75 Å². The largest absolute Gasteiger partial charge is 0.496 e. The second kappa shape index (κ2) is 9.80. The molecule has 6 rings (SSSR count). The minimum absolute atomic E-state index is 0.546. The monoisotopic (exact) mass is 459 g/mol. The Balaban J connectivity index is 1.22. The molecule has 3 aromatic rings. The zero-order valence-electron chi connectivity index (χ0n) is 20.9. The van der Waals surface area contributed by atoms with Crippen LogP contribution in [0.1, 0.15) is 30.0 Å². The molecule has 34 heavy (non-hydrogen) atoms. The summed E-state index contributed by atoms with van der Waals surface area (Å²) in [6, 6.07) is 19.9. The molecule has 1 aromatic heterocycles. The van der Waals surface area contributed by atoms with E-state index in [9.17, 15) is 0 Å². The summed E-state index contributed by atoms with van der Waals surface area (Å²) in [5.74, 6) is 2.14. The van der Waals surface area contributed by atoms with Crippen LogP contribution in [0.2, 0.25) is 0 Å². The lowest BCUT2D eigenvalue weighted by molar-refractivity contribution is 0.0282. The van der Waals surface area contributed by atoms with Gasteiger partial charge in [0, 0.05) is 69.7 Å². The molecule has 1 N–H and O–H groups in total. The van der Waals surface area contributed by atoms with Gasteiger partial charge in [0.1, 0.15) is 5.75 Å². The molecule has 3 saturated heterocycles. The van der Waals surface area contributed by atoms with Crippen molar-refractivity contribution in [1.82, 2.24) is 20.0 Å². The number of nitrogens with one attached hydrogen (secondary N) is 1. The van der Waals surface area contributed by atoms with E-state index < -0.39 is 0 Å². The lowest BCUT2D eigenvalue weighted by Crippen LogP contribution is -2.55. The number of aryl methyl sites for hydroxylation is 1. The maximum atomic E-state index is 5.58. The summed E-state index contributed by atoms with van der Waals surface area (Å²) >= 11 is 0. The Labute approximate surface area is 203 Å². The lowest BCUT2D eigenvalue weighted by Gasteiger charge is -2.50. The summed E-state index contributed by atoms with van der Waals surface area (Å²) in [4.78, 5) is 4.84. The minimum atomic E-state index is 0.546. The first-order valence-electron chi connectivity index (χ1n) is 12.4. The second-order valence-corrected chi connectivity index (χ2v) is 10.0. The second-order valence-electron chi connectivity index (χ2n) is 10.0. The van der Waals surface area contributed by atoms with E-state index in [-0.39, 0.29) is 0 Å². The molecule has 4 heterocycles. The number of methoxy groups -OCH3 is 1. The van der Waals surface area contributed by atoms with Gasteiger partial charge >= 0.3 is 0 Å². The number of piperidine rings is 3. The molecule has 0 aliphatic carbocycles. The standard InChI is InChI=1S/C28H37N5O/c1-31(2)22-11-9-20(10-12-22)17-29-18-23-15-21-13-14-33(23)19-25(21)27-16-26(30-32(27)3)24-7-5-6-8-28(24)34-4/h5-12,16,21,23,25,29H,13-15,17-19H2,1-4H3/t21-,23+,25+/m0/s1. The van der Waals surface area contributed by atoms with Gasteiger partial charge in [-0.15, -0.1) is 0 Å². The number of nitrogens with zero attached hydrogens (tertiary/aromatic N) is 4. The Morgan fingerprint density at radius 2 is 1.91 bits per heavy atom. The molecular weight excluding hydrogens is 422 g/mol. The summed E-state index contributed by atoms with van der Waals surface area (Å²) in [7, 11) is 7.98. The first kappa shape index (κ1) is 22.9. The SMILES string of the molecule is COc1ccccc1-c1cc([C@@H]2CN3CC[C@H]2C[C@@H]3CNCc2ccc(N(C)C)cc2)n(C)n1. The number of anilines is 1. The van der Waals surface area contributed by atoms with Gasteiger partial charge in [-0.2, -0.15) is 5.10 Å². The quantitative estimate of drug-likeness (QED) is 0.549. The average molecular weight is 460 g/mol. The first-order valence-corrected chi connectivity index (χ1v) is 12.4. The minimum Gasteiger partial charge on any atom is -0.496 e. The van der Waals surface area contributed by atoms with E-state index in [0.29, 0.717) is 12.0 Å². The highest BCUT2D eigenvalue weighted by Gasteiger charge is 2.41. The normalized spacial score (nSPS) is 23.8. The van der Waals surface area contributed by atoms with Gasteiger partial charge in [0.25, 0.3) is 0 Å². The fourth-order valence-electron chi connectivity index (χ4n) is 5.80. The topological polar surface area (TPSA) is 45.6 Å². The van der Waals surface area contributed by atoms with Crippen molar-refractivity contribution in [3.8, 4) is 17.0 Å². The Morgan fingerprint density at radius 3 is 2.62 bits per heavy atom. The number of para-hydroxylation sites is 1. The van der Waals surface area contributed by atoms with Crippen molar-refractivity contribution in [2.24, 2.45) is 13.0 Å². The summed E-state index contributed by atoms with van der Waals surface area (Å²) in [5, 5.41) is 8.59. The van der Waals surface area contributed by atoms with Gasteiger partial charge in [0.2, 0.25) is 0 Å². The maximum absolute atomic E-state index is 5.58. The molecule has 6 nitrogen and oxygen atoms in total. The van der Waals surface area contributed by atoms with Crippen molar-refractivity contribution < 1.29 is 4.74 Å². The van der Waals surface area contributed by atoms with E-state index in [4.69, 9.17) is 9.84 Å². The molecule has 2 aromatic carbocycles. The van der Waals surface area contributed by atoms with Gasteiger partial charge in [-0.1, -0.05) is 24.3 Å². The molecule has 0 saturated carbocycles. The third kappa shape index (κ3) is 4.57. The fourth-order valence-corrected chi connectivity index (χ4v) is 5.80. The van der Waals surface area contributed by atoms with Crippen LogP contribution >= 0.6 is 0 Å². The number of hydrogen-bond acceptors (Lipinski definition) is 5. The Bertz CT molecular complexity index is 1110. The Hall–Kier alpha value is -2.83. The highest BCUT2D eigenvalue weighted by molar-refractivity contribution is 5.67. The zero-order valence-corrected chi connectivity index (χ0v) is 20.9. The Kier molecular flexibility index (Phi) is 6.61. The number of aromatic nitrogens is 2. The highest BCUT2D eigenvalue weighted by Crippen LogP contribution is 2.42. The van der Waals surface area contributed by atoms with Crippen molar-refractivity contribution in [2.45, 2.75) is 31.3 Å². The average Bonchev–Trinajstić information content (AvgIpc) is 3.26. The van der Waals surface area contributed by atoms with Gasteiger partial charge in [0.05, 0.1) is 12.8 Å². The van der Waals surface area contributed by atoms with Crippen LogP contribution in [0.15, 0.2) is 54.6 Å². The molecule has 0 spiro atoms. The number of benzene rings is 2. The van der Waals surface area contributed by atoms with E-state index in [2.05, 4.69) is 83.4 Å². The van der Waals surface area contributed by atoms with E-state index >= 15 is 0 Å². The van der Waals surface area contributed by atoms with Crippen molar-refractivity contribution in [2.75, 3.05) is 45.7 Å². The number of fused-ring (bicyclic) bond motifs is 3. The summed E-state index contributed by atoms with van der Waals surface area (Å²) in [6.45, 7) is 4.31. The van der Waals surface area contributed by atoms with Crippen molar-refractivity contribution in [1.29, 1.82) is 0 Å². The molecule has 4 atom stereocenters. The highest BCUT2D eigenvalue weighted by atomic mass is 16.5. The zero-order chi connectivity index (χ0) is 23.7. The van der Waals surface area contributed by atoms with Crippen LogP contribution < -0.4 is 15.0 Å². The van der Waals surface area contributed by atoms with Gasteiger partial charge < -0.3 is 15.0 Å². The third-order valence-corrected chi connectivity index (χ3v) is 7.72. The van der Waals surface area contributed by atoms with E-state index in [1.54, 1.807) is 7.11 Å². The number of hydrogen-bond donors (Lipinski definition) is 1. The van der Waals surface area contributed by atoms with Crippen LogP contribution in [0.3, 0.4) is 0 Å². The fraction of sp³-hybridized carbons (Fsp3) is 0.464. The predicted octanol–water partition coefficient (Wildman–Crippen LogP) is 4.13. The molecule has 0 radical (unpaired) electrons. The van der Waals surface area contributed by atoms with Gasteiger partial charge in [-0.05, 0) is 61.2 Å². The van der Waals surface area contributed by atoms with Crippen molar-refractivity contribution in [3.05, 3.63) is 65.9 Å². The molecule has 1 unspecified atom stereocenters. The van der Waals surface area contributed by atoms with Crippen molar-refractivity contribution in [3.63, 3.8) is 0 Å². The van der Waals surface area contributed by atoms with E-state index in [1.807, 2.05) is 12.1 Å². The van der Waals surface area contributed by atoms with Gasteiger partial charge in [0.15, 0.2) is 0 Å². The van der Waals surface area contributed by atoms with Crippen molar-refractivity contribution >= 4 is 5.69 Å². The van der Waals surface area contributed by atoms with Gasteiger partial charge in [-0.25, -0.2) is 0 Å². The summed E-state index contributed by atoms with van der Waals surface area (Å²) < 4.78 is 7.67. The van der Waals surface area contributed by atoms with Crippen LogP contribution in [0, 0.1) is 5.92 Å². The van der Waals surface area contributed by atoms with Gasteiger partial charge in [-0.3, -0.25) is 9.58 Å². The smallest absolute Gasteiger partial charge is 0.128 e. The van der Waals surface area contributed by atoms with E-state index in [1.165, 1.54) is 36.3 Å².